The van der Waals surface area contributed by atoms with Crippen LogP contribution in [0.15, 0.2) is 52.1 Å². The normalized spacial score (nSPS) is 11.1. The van der Waals surface area contributed by atoms with E-state index in [9.17, 15) is 4.79 Å². The van der Waals surface area contributed by atoms with E-state index in [0.29, 0.717) is 24.8 Å². The first-order chi connectivity index (χ1) is 12.1. The molecule has 0 fully saturated rings. The highest BCUT2D eigenvalue weighted by Gasteiger charge is 2.09. The quantitative estimate of drug-likeness (QED) is 0.589. The van der Waals surface area contributed by atoms with Crippen LogP contribution in [0.3, 0.4) is 0 Å². The first kappa shape index (κ1) is 18.4. The Morgan fingerprint density at radius 3 is 2.60 bits per heavy atom. The van der Waals surface area contributed by atoms with Crippen molar-refractivity contribution >= 4 is 11.9 Å². The summed E-state index contributed by atoms with van der Waals surface area (Å²) in [4.78, 5) is 18.1. The molecule has 2 aromatic rings. The Morgan fingerprint density at radius 1 is 1.24 bits per heavy atom. The van der Waals surface area contributed by atoms with Crippen molar-refractivity contribution in [3.63, 3.8) is 0 Å². The first-order valence-electron chi connectivity index (χ1n) is 7.96. The number of ether oxygens (including phenoxy) is 1. The number of amides is 1. The highest BCUT2D eigenvalue weighted by Crippen LogP contribution is 2.12. The SMILES string of the molecule is CN=C(NCC(=O)NCc1ccco1)N(C)Cc1ccc(OC)cc1. The highest BCUT2D eigenvalue weighted by molar-refractivity contribution is 5.86. The molecule has 0 aliphatic heterocycles. The molecular weight excluding hydrogens is 320 g/mol. The van der Waals surface area contributed by atoms with Gasteiger partial charge in [-0.05, 0) is 29.8 Å². The lowest BCUT2D eigenvalue weighted by Crippen LogP contribution is -2.43. The van der Waals surface area contributed by atoms with Crippen molar-refractivity contribution in [3.05, 3.63) is 54.0 Å². The molecular formula is C18H24N4O3. The minimum Gasteiger partial charge on any atom is -0.497 e. The minimum absolute atomic E-state index is 0.129. The van der Waals surface area contributed by atoms with Gasteiger partial charge in [0.1, 0.15) is 11.5 Å². The van der Waals surface area contributed by atoms with Gasteiger partial charge in [0.15, 0.2) is 5.96 Å². The average Bonchev–Trinajstić information content (AvgIpc) is 3.14. The molecule has 2 N–H and O–H groups in total. The zero-order valence-corrected chi connectivity index (χ0v) is 14.8. The van der Waals surface area contributed by atoms with Gasteiger partial charge in [-0.15, -0.1) is 0 Å². The van der Waals surface area contributed by atoms with Crippen LogP contribution >= 0.6 is 0 Å². The van der Waals surface area contributed by atoms with Crippen LogP contribution in [-0.4, -0.2) is 44.5 Å². The van der Waals surface area contributed by atoms with Crippen molar-refractivity contribution in [2.75, 3.05) is 27.7 Å². The van der Waals surface area contributed by atoms with E-state index in [-0.39, 0.29) is 12.5 Å². The van der Waals surface area contributed by atoms with Crippen LogP contribution in [0.2, 0.25) is 0 Å². The number of nitrogens with zero attached hydrogens (tertiary/aromatic N) is 2. The van der Waals surface area contributed by atoms with E-state index in [1.54, 1.807) is 26.5 Å². The molecule has 0 atom stereocenters. The number of furan rings is 1. The maximum absolute atomic E-state index is 11.9. The van der Waals surface area contributed by atoms with Crippen molar-refractivity contribution in [2.45, 2.75) is 13.1 Å². The van der Waals surface area contributed by atoms with Crippen LogP contribution in [0, 0.1) is 0 Å². The van der Waals surface area contributed by atoms with Crippen LogP contribution in [0.25, 0.3) is 0 Å². The molecule has 7 nitrogen and oxygen atoms in total. The number of nitrogens with one attached hydrogen (secondary N) is 2. The lowest BCUT2D eigenvalue weighted by atomic mass is 10.2. The molecule has 0 aliphatic carbocycles. The van der Waals surface area contributed by atoms with Crippen LogP contribution in [0.5, 0.6) is 5.75 Å². The average molecular weight is 344 g/mol. The minimum atomic E-state index is -0.129. The van der Waals surface area contributed by atoms with Crippen molar-refractivity contribution in [1.82, 2.24) is 15.5 Å². The van der Waals surface area contributed by atoms with Gasteiger partial charge in [0.2, 0.25) is 5.91 Å². The fraction of sp³-hybridized carbons (Fsp3) is 0.333. The molecule has 0 saturated heterocycles. The second-order valence-electron chi connectivity index (χ2n) is 5.46. The molecule has 25 heavy (non-hydrogen) atoms. The fourth-order valence-electron chi connectivity index (χ4n) is 2.29. The van der Waals surface area contributed by atoms with Crippen molar-refractivity contribution in [3.8, 4) is 5.75 Å². The van der Waals surface area contributed by atoms with Gasteiger partial charge in [0.25, 0.3) is 0 Å². The second-order valence-corrected chi connectivity index (χ2v) is 5.46. The van der Waals surface area contributed by atoms with Gasteiger partial charge < -0.3 is 24.7 Å². The fourth-order valence-corrected chi connectivity index (χ4v) is 2.29. The Bertz CT molecular complexity index is 681. The third kappa shape index (κ3) is 5.87. The summed E-state index contributed by atoms with van der Waals surface area (Å²) < 4.78 is 10.3. The monoisotopic (exact) mass is 344 g/mol. The molecule has 1 aromatic heterocycles. The third-order valence-electron chi connectivity index (χ3n) is 3.60. The molecule has 0 spiro atoms. The molecule has 1 amide bonds. The molecule has 0 radical (unpaired) electrons. The number of rotatable bonds is 7. The number of guanidine groups is 1. The second kappa shape index (κ2) is 9.36. The molecule has 1 aromatic carbocycles. The van der Waals surface area contributed by atoms with Crippen LogP contribution in [0.4, 0.5) is 0 Å². The summed E-state index contributed by atoms with van der Waals surface area (Å²) in [5.74, 6) is 2.05. The van der Waals surface area contributed by atoms with Gasteiger partial charge >= 0.3 is 0 Å². The van der Waals surface area contributed by atoms with Gasteiger partial charge in [-0.25, -0.2) is 0 Å². The van der Waals surface area contributed by atoms with E-state index in [2.05, 4.69) is 15.6 Å². The zero-order chi connectivity index (χ0) is 18.1. The molecule has 0 saturated carbocycles. The zero-order valence-electron chi connectivity index (χ0n) is 14.8. The van der Waals surface area contributed by atoms with Crippen molar-refractivity contribution < 1.29 is 13.9 Å². The van der Waals surface area contributed by atoms with Crippen LogP contribution in [-0.2, 0) is 17.9 Å². The summed E-state index contributed by atoms with van der Waals surface area (Å²) in [6, 6.07) is 11.4. The highest BCUT2D eigenvalue weighted by atomic mass is 16.5. The number of hydrogen-bond donors (Lipinski definition) is 2. The van der Waals surface area contributed by atoms with E-state index >= 15 is 0 Å². The summed E-state index contributed by atoms with van der Waals surface area (Å²) in [5, 5.41) is 5.83. The van der Waals surface area contributed by atoms with Crippen molar-refractivity contribution in [2.24, 2.45) is 4.99 Å². The van der Waals surface area contributed by atoms with E-state index < -0.39 is 0 Å². The molecule has 1 heterocycles. The van der Waals surface area contributed by atoms with E-state index in [4.69, 9.17) is 9.15 Å². The Labute approximate surface area is 147 Å². The number of benzene rings is 1. The summed E-state index contributed by atoms with van der Waals surface area (Å²) in [7, 11) is 5.25. The summed E-state index contributed by atoms with van der Waals surface area (Å²) >= 11 is 0. The van der Waals surface area contributed by atoms with E-state index in [1.165, 1.54) is 0 Å². The van der Waals surface area contributed by atoms with Gasteiger partial charge in [-0.1, -0.05) is 12.1 Å². The molecule has 0 aliphatic rings. The van der Waals surface area contributed by atoms with E-state index in [0.717, 1.165) is 11.3 Å². The summed E-state index contributed by atoms with van der Waals surface area (Å²) in [5.41, 5.74) is 1.12. The van der Waals surface area contributed by atoms with Crippen LogP contribution in [0.1, 0.15) is 11.3 Å². The summed E-state index contributed by atoms with van der Waals surface area (Å²) in [6.45, 7) is 1.17. The molecule has 0 unspecified atom stereocenters. The Kier molecular flexibility index (Phi) is 6.88. The largest absolute Gasteiger partial charge is 0.497 e. The van der Waals surface area contributed by atoms with Crippen molar-refractivity contribution in [1.29, 1.82) is 0 Å². The Morgan fingerprint density at radius 2 is 2.00 bits per heavy atom. The predicted octanol–water partition coefficient (Wildman–Crippen LogP) is 1.61. The molecule has 0 bridgehead atoms. The van der Waals surface area contributed by atoms with Gasteiger partial charge in [-0.2, -0.15) is 0 Å². The van der Waals surface area contributed by atoms with E-state index in [1.807, 2.05) is 42.3 Å². The molecule has 2 rings (SSSR count). The summed E-state index contributed by atoms with van der Waals surface area (Å²) in [6.07, 6.45) is 1.58. The lowest BCUT2D eigenvalue weighted by molar-refractivity contribution is -0.120. The maximum atomic E-state index is 11.9. The molecule has 7 heteroatoms. The van der Waals surface area contributed by atoms with Gasteiger partial charge in [0.05, 0.1) is 26.5 Å². The first-order valence-corrected chi connectivity index (χ1v) is 7.96. The van der Waals surface area contributed by atoms with Crippen LogP contribution < -0.4 is 15.4 Å². The topological polar surface area (TPSA) is 79.1 Å². The lowest BCUT2D eigenvalue weighted by Gasteiger charge is -2.22. The number of hydrogen-bond acceptors (Lipinski definition) is 4. The number of aliphatic imine (C=N–C) groups is 1. The molecule has 134 valence electrons. The standard InChI is InChI=1S/C18H24N4O3/c1-19-18(21-12-17(23)20-11-16-5-4-10-25-16)22(2)13-14-6-8-15(24-3)9-7-14/h4-10H,11-13H2,1-3H3,(H,19,21)(H,20,23). The number of carbonyl (C=O) groups is 1. The Balaban J connectivity index is 1.78. The smallest absolute Gasteiger partial charge is 0.239 e. The van der Waals surface area contributed by atoms with Gasteiger partial charge in [0, 0.05) is 20.6 Å². The Hall–Kier alpha value is -2.96. The van der Waals surface area contributed by atoms with Gasteiger partial charge in [-0.3, -0.25) is 9.79 Å². The predicted molar refractivity (Wildman–Crippen MR) is 96.4 cm³/mol. The maximum Gasteiger partial charge on any atom is 0.239 e. The number of carbonyl (C=O) groups excluding carboxylic acids is 1. The third-order valence-corrected chi connectivity index (χ3v) is 3.60. The number of methoxy groups -OCH3 is 1.